The summed E-state index contributed by atoms with van der Waals surface area (Å²) in [7, 11) is 0. The third-order valence-corrected chi connectivity index (χ3v) is 9.65. The summed E-state index contributed by atoms with van der Waals surface area (Å²) >= 11 is 4.15. The first-order valence-corrected chi connectivity index (χ1v) is 19.0. The van der Waals surface area contributed by atoms with Crippen molar-refractivity contribution in [3.05, 3.63) is 183 Å². The molecule has 1 N–H and O–H groups in total. The Hall–Kier alpha value is -5.36. The molecule has 0 saturated heterocycles. The van der Waals surface area contributed by atoms with E-state index in [1.54, 1.807) is 48.7 Å². The number of carbonyl (C=O) groups is 2. The smallest absolute Gasteiger partial charge is 0.301 e. The summed E-state index contributed by atoms with van der Waals surface area (Å²) in [6.45, 7) is 0.145. The van der Waals surface area contributed by atoms with Gasteiger partial charge in [0.15, 0.2) is 23.0 Å². The van der Waals surface area contributed by atoms with Crippen molar-refractivity contribution in [2.45, 2.75) is 32.3 Å². The largest absolute Gasteiger partial charge is 0.501 e. The molecule has 55 heavy (non-hydrogen) atoms. The zero-order valence-corrected chi connectivity index (χ0v) is 33.1. The van der Waals surface area contributed by atoms with Gasteiger partial charge in [-0.3, -0.25) is 28.0 Å². The highest BCUT2D eigenvalue weighted by Crippen LogP contribution is 2.20. The fourth-order valence-electron chi connectivity index (χ4n) is 5.50. The molecule has 4 aromatic heterocycles. The minimum Gasteiger partial charge on any atom is -0.501 e. The Morgan fingerprint density at radius 2 is 1.09 bits per heavy atom. The van der Waals surface area contributed by atoms with E-state index in [2.05, 4.69) is 32.6 Å². The molecule has 0 aliphatic heterocycles. The molecule has 14 heteroatoms. The van der Waals surface area contributed by atoms with E-state index in [0.29, 0.717) is 24.1 Å². The van der Waals surface area contributed by atoms with Gasteiger partial charge in [0, 0.05) is 32.4 Å². The summed E-state index contributed by atoms with van der Waals surface area (Å²) < 4.78 is 36.1. The second-order valence-corrected chi connectivity index (χ2v) is 14.7. The maximum atomic E-state index is 13.1. The van der Waals surface area contributed by atoms with Crippen molar-refractivity contribution in [2.24, 2.45) is 0 Å². The molecule has 0 bridgehead atoms. The normalized spacial score (nSPS) is 10.9. The van der Waals surface area contributed by atoms with Crippen molar-refractivity contribution < 1.29 is 28.2 Å². The number of nitrogens with zero attached hydrogens (tertiary/aromatic N) is 4. The first-order valence-electron chi connectivity index (χ1n) is 16.8. The standard InChI is InChI=1S/C24H18FIN2O3.C17H12FIN2O3/c25-18-9-6-16(7-10-18)8-12-20(29)22-23(31-15-17-4-2-1-3-5-17)24(30)28-14-19(26)11-13-21(28)27-22;18-11-4-1-10(2-5-11)3-7-13(22)15-16(23)17(24)21-9-12(19)6-8-14(21)20-15/h1-7,9-11,13-14H,8,12,15H2;1-2,4-6,8-9,23H,3,7H2. The molecule has 0 saturated carbocycles. The van der Waals surface area contributed by atoms with E-state index in [1.165, 1.54) is 39.3 Å². The van der Waals surface area contributed by atoms with Crippen molar-refractivity contribution in [1.82, 2.24) is 18.8 Å². The third-order valence-electron chi connectivity index (χ3n) is 8.37. The van der Waals surface area contributed by atoms with E-state index in [0.717, 1.165) is 23.8 Å². The maximum absolute atomic E-state index is 13.1. The molecule has 4 heterocycles. The summed E-state index contributed by atoms with van der Waals surface area (Å²) in [4.78, 5) is 59.2. The third kappa shape index (κ3) is 9.85. The van der Waals surface area contributed by atoms with Gasteiger partial charge in [-0.1, -0.05) is 54.6 Å². The molecule has 0 spiro atoms. The van der Waals surface area contributed by atoms with Gasteiger partial charge >= 0.3 is 11.1 Å². The monoisotopic (exact) mass is 966 g/mol. The Morgan fingerprint density at radius 3 is 1.62 bits per heavy atom. The number of aryl methyl sites for hydroxylation is 2. The summed E-state index contributed by atoms with van der Waals surface area (Å²) in [6, 6.07) is 28.1. The minimum absolute atomic E-state index is 0.0178. The van der Waals surface area contributed by atoms with E-state index in [4.69, 9.17) is 4.74 Å². The van der Waals surface area contributed by atoms with Crippen LogP contribution in [0.5, 0.6) is 11.5 Å². The zero-order valence-electron chi connectivity index (χ0n) is 28.8. The average Bonchev–Trinajstić information content (AvgIpc) is 3.19. The Balaban J connectivity index is 0.000000193. The minimum atomic E-state index is -0.677. The molecule has 278 valence electrons. The number of hydrogen-bond acceptors (Lipinski definition) is 8. The van der Waals surface area contributed by atoms with Crippen molar-refractivity contribution in [2.75, 3.05) is 0 Å². The van der Waals surface area contributed by atoms with Crippen LogP contribution in [0, 0.1) is 18.8 Å². The van der Waals surface area contributed by atoms with Gasteiger partial charge < -0.3 is 9.84 Å². The van der Waals surface area contributed by atoms with Gasteiger partial charge in [0.25, 0.3) is 0 Å². The topological polar surface area (TPSA) is 132 Å². The second kappa shape index (κ2) is 17.9. The summed E-state index contributed by atoms with van der Waals surface area (Å²) in [5.74, 6) is -2.13. The molecule has 0 aliphatic rings. The first-order chi connectivity index (χ1) is 26.5. The van der Waals surface area contributed by atoms with Gasteiger partial charge in [-0.05, 0) is 123 Å². The molecular formula is C41H30F2I2N4O6. The molecule has 0 unspecified atom stereocenters. The molecule has 3 aromatic carbocycles. The number of halogens is 4. The van der Waals surface area contributed by atoms with Crippen LogP contribution >= 0.6 is 45.2 Å². The number of ketones is 2. The summed E-state index contributed by atoms with van der Waals surface area (Å²) in [5, 5.41) is 10.0. The molecule has 0 fully saturated rings. The van der Waals surface area contributed by atoms with Gasteiger partial charge in [0.05, 0.1) is 0 Å². The van der Waals surface area contributed by atoms with Crippen LogP contribution in [-0.2, 0) is 19.4 Å². The van der Waals surface area contributed by atoms with E-state index in [-0.39, 0.29) is 54.0 Å². The molecule has 7 aromatic rings. The highest BCUT2D eigenvalue weighted by atomic mass is 127. The second-order valence-electron chi connectivity index (χ2n) is 12.2. The Labute approximate surface area is 339 Å². The lowest BCUT2D eigenvalue weighted by atomic mass is 10.1. The van der Waals surface area contributed by atoms with Crippen LogP contribution in [-0.4, -0.2) is 35.4 Å². The Bertz CT molecular complexity index is 2640. The molecule has 0 amide bonds. The first kappa shape index (κ1) is 39.3. The lowest BCUT2D eigenvalue weighted by molar-refractivity contribution is 0.0965. The molecule has 10 nitrogen and oxygen atoms in total. The number of Topliss-reactive ketones (excluding diaryl/α,β-unsaturated/α-hetero) is 2. The predicted molar refractivity (Wildman–Crippen MR) is 219 cm³/mol. The summed E-state index contributed by atoms with van der Waals surface area (Å²) in [5.41, 5.74) is 1.84. The van der Waals surface area contributed by atoms with Crippen molar-refractivity contribution in [3.8, 4) is 11.5 Å². The van der Waals surface area contributed by atoms with E-state index < -0.39 is 22.7 Å². The number of ether oxygens (including phenoxy) is 1. The Morgan fingerprint density at radius 1 is 0.618 bits per heavy atom. The number of aromatic hydroxyl groups is 1. The van der Waals surface area contributed by atoms with Crippen LogP contribution in [0.2, 0.25) is 0 Å². The van der Waals surface area contributed by atoms with E-state index in [9.17, 15) is 33.1 Å². The van der Waals surface area contributed by atoms with E-state index >= 15 is 0 Å². The number of benzene rings is 3. The lowest BCUT2D eigenvalue weighted by Crippen LogP contribution is -2.23. The van der Waals surface area contributed by atoms with Gasteiger partial charge in [-0.25, -0.2) is 18.7 Å². The number of fused-ring (bicyclic) bond motifs is 2. The molecule has 0 aliphatic carbocycles. The highest BCUT2D eigenvalue weighted by Gasteiger charge is 2.22. The number of rotatable bonds is 11. The van der Waals surface area contributed by atoms with E-state index in [1.807, 2.05) is 59.0 Å². The molecule has 0 atom stereocenters. The van der Waals surface area contributed by atoms with Crippen molar-refractivity contribution in [1.29, 1.82) is 0 Å². The number of carbonyl (C=O) groups excluding carboxylic acids is 2. The van der Waals surface area contributed by atoms with Crippen LogP contribution < -0.4 is 15.9 Å². The van der Waals surface area contributed by atoms with Gasteiger partial charge in [-0.2, -0.15) is 0 Å². The SMILES string of the molecule is O=C(CCc1ccc(F)cc1)c1nc2ccc(I)cn2c(=O)c1O.O=C(CCc1ccc(F)cc1)c1nc2ccc(I)cn2c(=O)c1OCc1ccccc1. The van der Waals surface area contributed by atoms with Crippen LogP contribution in [0.4, 0.5) is 8.78 Å². The summed E-state index contributed by atoms with van der Waals surface area (Å²) in [6.07, 6.45) is 4.16. The lowest BCUT2D eigenvalue weighted by Gasteiger charge is -2.12. The maximum Gasteiger partial charge on any atom is 0.301 e. The average molecular weight is 967 g/mol. The van der Waals surface area contributed by atoms with Crippen LogP contribution in [0.25, 0.3) is 11.3 Å². The highest BCUT2D eigenvalue weighted by molar-refractivity contribution is 14.1. The molecule has 7 rings (SSSR count). The zero-order chi connectivity index (χ0) is 39.1. The van der Waals surface area contributed by atoms with Crippen LogP contribution in [0.3, 0.4) is 0 Å². The molecule has 0 radical (unpaired) electrons. The van der Waals surface area contributed by atoms with Gasteiger partial charge in [0.1, 0.15) is 29.5 Å². The number of aromatic nitrogens is 4. The van der Waals surface area contributed by atoms with Gasteiger partial charge in [0.2, 0.25) is 11.5 Å². The fourth-order valence-corrected chi connectivity index (χ4v) is 6.41. The fraction of sp³-hybridized carbons (Fsp3) is 0.122. The van der Waals surface area contributed by atoms with Crippen molar-refractivity contribution in [3.63, 3.8) is 0 Å². The molecular weight excluding hydrogens is 936 g/mol. The number of hydrogen-bond donors (Lipinski definition) is 1. The predicted octanol–water partition coefficient (Wildman–Crippen LogP) is 7.79. The van der Waals surface area contributed by atoms with Crippen LogP contribution in [0.1, 0.15) is 50.5 Å². The Kier molecular flexibility index (Phi) is 12.8. The quantitative estimate of drug-likeness (QED) is 0.103. The van der Waals surface area contributed by atoms with Crippen LogP contribution in [0.15, 0.2) is 125 Å². The van der Waals surface area contributed by atoms with Crippen molar-refractivity contribution >= 4 is 68.0 Å². The van der Waals surface area contributed by atoms with Gasteiger partial charge in [-0.15, -0.1) is 0 Å². The number of pyridine rings is 2.